The Bertz CT molecular complexity index is 607. The van der Waals surface area contributed by atoms with Gasteiger partial charge in [-0.15, -0.1) is 0 Å². The van der Waals surface area contributed by atoms with Gasteiger partial charge in [0.25, 0.3) is 0 Å². The highest BCUT2D eigenvalue weighted by Gasteiger charge is 2.17. The molecule has 110 valence electrons. The summed E-state index contributed by atoms with van der Waals surface area (Å²) in [5.41, 5.74) is 9.92. The van der Waals surface area contributed by atoms with E-state index in [4.69, 9.17) is 15.2 Å². The van der Waals surface area contributed by atoms with E-state index in [2.05, 4.69) is 12.1 Å². The maximum atomic E-state index is 6.19. The van der Waals surface area contributed by atoms with Crippen molar-refractivity contribution in [2.24, 2.45) is 5.73 Å². The molecule has 1 aliphatic rings. The number of ether oxygens (including phenoxy) is 2. The van der Waals surface area contributed by atoms with Gasteiger partial charge in [-0.05, 0) is 60.2 Å². The summed E-state index contributed by atoms with van der Waals surface area (Å²) in [6, 6.07) is 14.4. The van der Waals surface area contributed by atoms with Crippen LogP contribution in [-0.2, 0) is 13.0 Å². The molecule has 2 aromatic rings. The minimum atomic E-state index is 0.151. The van der Waals surface area contributed by atoms with Crippen molar-refractivity contribution >= 4 is 0 Å². The molecule has 0 saturated heterocycles. The Hall–Kier alpha value is -2.00. The van der Waals surface area contributed by atoms with Crippen LogP contribution in [0, 0.1) is 0 Å². The Labute approximate surface area is 125 Å². The van der Waals surface area contributed by atoms with Crippen molar-refractivity contribution in [3.05, 3.63) is 59.2 Å². The fourth-order valence-corrected chi connectivity index (χ4v) is 2.79. The fraction of sp³-hybridized carbons (Fsp3) is 0.333. The van der Waals surface area contributed by atoms with E-state index in [0.29, 0.717) is 6.61 Å². The lowest BCUT2D eigenvalue weighted by atomic mass is 9.88. The number of nitrogens with two attached hydrogens (primary N) is 1. The largest absolute Gasteiger partial charge is 0.497 e. The van der Waals surface area contributed by atoms with E-state index in [9.17, 15) is 0 Å². The highest BCUT2D eigenvalue weighted by atomic mass is 16.5. The first-order valence-corrected chi connectivity index (χ1v) is 7.40. The van der Waals surface area contributed by atoms with Crippen molar-refractivity contribution in [2.45, 2.75) is 31.9 Å². The minimum absolute atomic E-state index is 0.151. The first-order valence-electron chi connectivity index (χ1n) is 7.40. The summed E-state index contributed by atoms with van der Waals surface area (Å²) in [6.45, 7) is 0.554. The van der Waals surface area contributed by atoms with Gasteiger partial charge < -0.3 is 15.2 Å². The third-order valence-electron chi connectivity index (χ3n) is 4.04. The Kier molecular flexibility index (Phi) is 4.11. The molecule has 0 aliphatic heterocycles. The number of hydrogen-bond donors (Lipinski definition) is 1. The maximum absolute atomic E-state index is 6.19. The molecule has 21 heavy (non-hydrogen) atoms. The van der Waals surface area contributed by atoms with Crippen molar-refractivity contribution in [2.75, 3.05) is 7.11 Å². The molecule has 1 atom stereocenters. The summed E-state index contributed by atoms with van der Waals surface area (Å²) in [6.07, 6.45) is 3.37. The van der Waals surface area contributed by atoms with Crippen LogP contribution in [0.25, 0.3) is 0 Å². The summed E-state index contributed by atoms with van der Waals surface area (Å²) < 4.78 is 11.0. The third kappa shape index (κ3) is 3.19. The highest BCUT2D eigenvalue weighted by Crippen LogP contribution is 2.31. The molecule has 0 saturated carbocycles. The molecule has 3 nitrogen and oxygen atoms in total. The van der Waals surface area contributed by atoms with Gasteiger partial charge in [0.2, 0.25) is 0 Å². The topological polar surface area (TPSA) is 44.5 Å². The minimum Gasteiger partial charge on any atom is -0.497 e. The summed E-state index contributed by atoms with van der Waals surface area (Å²) in [5, 5.41) is 0. The van der Waals surface area contributed by atoms with Crippen LogP contribution in [0.4, 0.5) is 0 Å². The second-order valence-corrected chi connectivity index (χ2v) is 5.50. The van der Waals surface area contributed by atoms with Crippen LogP contribution in [0.3, 0.4) is 0 Å². The van der Waals surface area contributed by atoms with Gasteiger partial charge in [0.05, 0.1) is 7.11 Å². The number of rotatable bonds is 4. The molecule has 0 bridgehead atoms. The SMILES string of the molecule is COc1ccc(COc2ccc3c(c2)C(N)CCC3)cc1. The standard InChI is InChI=1S/C18H21NO2/c1-20-15-8-5-13(6-9-15)12-21-16-10-7-14-3-2-4-18(19)17(14)11-16/h5-11,18H,2-4,12,19H2,1H3. The first-order chi connectivity index (χ1) is 10.3. The lowest BCUT2D eigenvalue weighted by molar-refractivity contribution is 0.305. The molecule has 0 aromatic heterocycles. The van der Waals surface area contributed by atoms with Gasteiger partial charge in [0, 0.05) is 6.04 Å². The zero-order valence-electron chi connectivity index (χ0n) is 12.3. The van der Waals surface area contributed by atoms with E-state index in [1.165, 1.54) is 17.5 Å². The average Bonchev–Trinajstić information content (AvgIpc) is 2.54. The Morgan fingerprint density at radius 3 is 2.62 bits per heavy atom. The second kappa shape index (κ2) is 6.19. The number of methoxy groups -OCH3 is 1. The molecule has 3 heteroatoms. The molecular formula is C18H21NO2. The molecule has 3 rings (SSSR count). The van der Waals surface area contributed by atoms with Crippen LogP contribution in [0.15, 0.2) is 42.5 Å². The van der Waals surface area contributed by atoms with Gasteiger partial charge >= 0.3 is 0 Å². The summed E-state index contributed by atoms with van der Waals surface area (Å²) in [4.78, 5) is 0. The summed E-state index contributed by atoms with van der Waals surface area (Å²) in [5.74, 6) is 1.75. The van der Waals surface area contributed by atoms with Crippen LogP contribution in [0.1, 0.15) is 35.6 Å². The Morgan fingerprint density at radius 2 is 1.86 bits per heavy atom. The monoisotopic (exact) mass is 283 g/mol. The van der Waals surface area contributed by atoms with Crippen molar-refractivity contribution in [1.29, 1.82) is 0 Å². The average molecular weight is 283 g/mol. The van der Waals surface area contributed by atoms with Crippen LogP contribution < -0.4 is 15.2 Å². The van der Waals surface area contributed by atoms with E-state index < -0.39 is 0 Å². The lowest BCUT2D eigenvalue weighted by Gasteiger charge is -2.22. The number of benzene rings is 2. The number of fused-ring (bicyclic) bond motifs is 1. The van der Waals surface area contributed by atoms with Gasteiger partial charge in [0.15, 0.2) is 0 Å². The molecule has 0 heterocycles. The van der Waals surface area contributed by atoms with Crippen molar-refractivity contribution in [3.8, 4) is 11.5 Å². The van der Waals surface area contributed by atoms with Crippen LogP contribution in [0.2, 0.25) is 0 Å². The van der Waals surface area contributed by atoms with Gasteiger partial charge in [0.1, 0.15) is 18.1 Å². The van der Waals surface area contributed by atoms with Gasteiger partial charge in [-0.1, -0.05) is 18.2 Å². The fourth-order valence-electron chi connectivity index (χ4n) is 2.79. The molecule has 1 unspecified atom stereocenters. The first kappa shape index (κ1) is 14.0. The molecule has 0 spiro atoms. The van der Waals surface area contributed by atoms with Gasteiger partial charge in [-0.2, -0.15) is 0 Å². The summed E-state index contributed by atoms with van der Waals surface area (Å²) in [7, 11) is 1.67. The predicted octanol–water partition coefficient (Wildman–Crippen LogP) is 3.61. The van der Waals surface area contributed by atoms with E-state index in [1.807, 2.05) is 30.3 Å². The van der Waals surface area contributed by atoms with Crippen LogP contribution >= 0.6 is 0 Å². The molecule has 2 aromatic carbocycles. The highest BCUT2D eigenvalue weighted by molar-refractivity contribution is 5.39. The van der Waals surface area contributed by atoms with Crippen molar-refractivity contribution in [1.82, 2.24) is 0 Å². The molecule has 0 fully saturated rings. The van der Waals surface area contributed by atoms with Crippen LogP contribution in [0.5, 0.6) is 11.5 Å². The smallest absolute Gasteiger partial charge is 0.120 e. The second-order valence-electron chi connectivity index (χ2n) is 5.50. The number of aryl methyl sites for hydroxylation is 1. The van der Waals surface area contributed by atoms with E-state index in [1.54, 1.807) is 7.11 Å². The maximum Gasteiger partial charge on any atom is 0.120 e. The normalized spacial score (nSPS) is 17.1. The molecule has 0 radical (unpaired) electrons. The van der Waals surface area contributed by atoms with E-state index in [-0.39, 0.29) is 6.04 Å². The zero-order chi connectivity index (χ0) is 14.7. The van der Waals surface area contributed by atoms with Crippen LogP contribution in [-0.4, -0.2) is 7.11 Å². The molecular weight excluding hydrogens is 262 g/mol. The Balaban J connectivity index is 1.68. The van der Waals surface area contributed by atoms with Crippen molar-refractivity contribution in [3.63, 3.8) is 0 Å². The number of hydrogen-bond acceptors (Lipinski definition) is 3. The lowest BCUT2D eigenvalue weighted by Crippen LogP contribution is -2.17. The van der Waals surface area contributed by atoms with E-state index >= 15 is 0 Å². The van der Waals surface area contributed by atoms with Gasteiger partial charge in [-0.3, -0.25) is 0 Å². The molecule has 1 aliphatic carbocycles. The predicted molar refractivity (Wildman–Crippen MR) is 83.6 cm³/mol. The molecule has 0 amide bonds. The van der Waals surface area contributed by atoms with Crippen molar-refractivity contribution < 1.29 is 9.47 Å². The summed E-state index contributed by atoms with van der Waals surface area (Å²) >= 11 is 0. The molecule has 2 N–H and O–H groups in total. The van der Waals surface area contributed by atoms with E-state index in [0.717, 1.165) is 29.9 Å². The Morgan fingerprint density at radius 1 is 1.10 bits per heavy atom. The third-order valence-corrected chi connectivity index (χ3v) is 4.04. The zero-order valence-corrected chi connectivity index (χ0v) is 12.3. The van der Waals surface area contributed by atoms with Gasteiger partial charge in [-0.25, -0.2) is 0 Å². The quantitative estimate of drug-likeness (QED) is 0.932.